The van der Waals surface area contributed by atoms with E-state index in [2.05, 4.69) is 15.9 Å². The Kier molecular flexibility index (Phi) is 3.59. The summed E-state index contributed by atoms with van der Waals surface area (Å²) in [5.41, 5.74) is 0.570. The number of alkyl halides is 1. The van der Waals surface area contributed by atoms with Crippen LogP contribution in [0.25, 0.3) is 22.1 Å². The largest absolute Gasteiger partial charge is 0.459 e. The van der Waals surface area contributed by atoms with E-state index in [0.29, 0.717) is 22.2 Å². The Bertz CT molecular complexity index is 887. The topological polar surface area (TPSA) is 30.2 Å². The predicted molar refractivity (Wildman–Crippen MR) is 80.5 cm³/mol. The fourth-order valence-electron chi connectivity index (χ4n) is 2.24. The van der Waals surface area contributed by atoms with Gasteiger partial charge in [0.05, 0.1) is 16.3 Å². The number of halogens is 3. The summed E-state index contributed by atoms with van der Waals surface area (Å²) in [6, 6.07) is 9.44. The third-order valence-corrected chi connectivity index (χ3v) is 3.67. The van der Waals surface area contributed by atoms with Gasteiger partial charge < -0.3 is 4.42 Å². The van der Waals surface area contributed by atoms with Crippen LogP contribution in [0.2, 0.25) is 0 Å². The van der Waals surface area contributed by atoms with Crippen molar-refractivity contribution in [1.29, 1.82) is 0 Å². The number of benzene rings is 2. The molecular weight excluding hydrogens is 342 g/mol. The minimum Gasteiger partial charge on any atom is -0.459 e. The summed E-state index contributed by atoms with van der Waals surface area (Å²) in [5, 5.41) is 0.431. The van der Waals surface area contributed by atoms with Crippen LogP contribution in [0.5, 0.6) is 0 Å². The molecule has 1 heterocycles. The summed E-state index contributed by atoms with van der Waals surface area (Å²) in [6.45, 7) is 0. The van der Waals surface area contributed by atoms with E-state index >= 15 is 0 Å². The molecule has 0 aliphatic rings. The van der Waals surface area contributed by atoms with Crippen molar-refractivity contribution in [2.24, 2.45) is 0 Å². The highest BCUT2D eigenvalue weighted by atomic mass is 79.9. The maximum atomic E-state index is 13.4. The van der Waals surface area contributed by atoms with Crippen molar-refractivity contribution in [2.75, 3.05) is 0 Å². The average Bonchev–Trinajstić information content (AvgIpc) is 2.47. The molecule has 0 aliphatic carbocycles. The SMILES string of the molecule is O=c1c(-c2cccc(F)c2)c(CBr)oc2ccc(F)cc12. The molecule has 21 heavy (non-hydrogen) atoms. The quantitative estimate of drug-likeness (QED) is 0.630. The molecule has 0 fully saturated rings. The van der Waals surface area contributed by atoms with Gasteiger partial charge in [0.2, 0.25) is 5.43 Å². The lowest BCUT2D eigenvalue weighted by molar-refractivity contribution is 0.561. The normalized spacial score (nSPS) is 11.0. The van der Waals surface area contributed by atoms with E-state index in [1.54, 1.807) is 6.07 Å². The van der Waals surface area contributed by atoms with Crippen LogP contribution in [-0.4, -0.2) is 0 Å². The molecule has 0 saturated heterocycles. The average molecular weight is 351 g/mol. The Labute approximate surface area is 127 Å². The van der Waals surface area contributed by atoms with Gasteiger partial charge in [-0.1, -0.05) is 28.1 Å². The molecule has 0 saturated carbocycles. The van der Waals surface area contributed by atoms with Gasteiger partial charge in [-0.2, -0.15) is 0 Å². The fraction of sp³-hybridized carbons (Fsp3) is 0.0625. The van der Waals surface area contributed by atoms with Gasteiger partial charge in [-0.25, -0.2) is 8.78 Å². The molecule has 3 rings (SSSR count). The molecule has 0 unspecified atom stereocenters. The lowest BCUT2D eigenvalue weighted by atomic mass is 10.0. The van der Waals surface area contributed by atoms with Crippen LogP contribution in [-0.2, 0) is 5.33 Å². The van der Waals surface area contributed by atoms with Gasteiger partial charge >= 0.3 is 0 Å². The van der Waals surface area contributed by atoms with E-state index in [1.807, 2.05) is 0 Å². The monoisotopic (exact) mass is 350 g/mol. The first-order chi connectivity index (χ1) is 10.1. The third kappa shape index (κ3) is 2.49. The molecule has 0 radical (unpaired) electrons. The first-order valence-electron chi connectivity index (χ1n) is 6.17. The van der Waals surface area contributed by atoms with Gasteiger partial charge in [0, 0.05) is 0 Å². The van der Waals surface area contributed by atoms with E-state index in [0.717, 1.165) is 6.07 Å². The van der Waals surface area contributed by atoms with Crippen LogP contribution >= 0.6 is 15.9 Å². The number of hydrogen-bond donors (Lipinski definition) is 0. The molecule has 0 spiro atoms. The van der Waals surface area contributed by atoms with E-state index in [9.17, 15) is 13.6 Å². The van der Waals surface area contributed by atoms with Gasteiger partial charge in [-0.3, -0.25) is 4.79 Å². The molecule has 0 aliphatic heterocycles. The summed E-state index contributed by atoms with van der Waals surface area (Å²) in [5.74, 6) is -0.594. The predicted octanol–water partition coefficient (Wildman–Crippen LogP) is 4.63. The molecule has 2 nitrogen and oxygen atoms in total. The molecule has 0 amide bonds. The highest BCUT2D eigenvalue weighted by Crippen LogP contribution is 2.27. The van der Waals surface area contributed by atoms with E-state index in [4.69, 9.17) is 4.42 Å². The van der Waals surface area contributed by atoms with Crippen molar-refractivity contribution in [3.05, 3.63) is 70.1 Å². The molecule has 0 N–H and O–H groups in total. The Morgan fingerprint density at radius 2 is 1.81 bits per heavy atom. The van der Waals surface area contributed by atoms with Gasteiger partial charge in [-0.05, 0) is 35.9 Å². The van der Waals surface area contributed by atoms with E-state index in [-0.39, 0.29) is 16.4 Å². The molecule has 106 valence electrons. The van der Waals surface area contributed by atoms with Crippen molar-refractivity contribution >= 4 is 26.9 Å². The van der Waals surface area contributed by atoms with Crippen LogP contribution in [0.3, 0.4) is 0 Å². The third-order valence-electron chi connectivity index (χ3n) is 3.16. The number of hydrogen-bond acceptors (Lipinski definition) is 2. The lowest BCUT2D eigenvalue weighted by Gasteiger charge is -2.08. The molecule has 1 aromatic heterocycles. The second-order valence-electron chi connectivity index (χ2n) is 4.51. The van der Waals surface area contributed by atoms with Crippen LogP contribution in [0, 0.1) is 11.6 Å². The Morgan fingerprint density at radius 3 is 2.52 bits per heavy atom. The summed E-state index contributed by atoms with van der Waals surface area (Å²) < 4.78 is 32.4. The summed E-state index contributed by atoms with van der Waals surface area (Å²) in [6.07, 6.45) is 0. The summed E-state index contributed by atoms with van der Waals surface area (Å²) >= 11 is 3.26. The fourth-order valence-corrected chi connectivity index (χ4v) is 2.64. The van der Waals surface area contributed by atoms with Crippen LogP contribution in [0.1, 0.15) is 5.76 Å². The Balaban J connectivity index is 2.40. The van der Waals surface area contributed by atoms with Crippen molar-refractivity contribution in [3.63, 3.8) is 0 Å². The summed E-state index contributed by atoms with van der Waals surface area (Å²) in [7, 11) is 0. The van der Waals surface area contributed by atoms with Crippen molar-refractivity contribution in [2.45, 2.75) is 5.33 Å². The first kappa shape index (κ1) is 13.9. The van der Waals surface area contributed by atoms with Gasteiger partial charge in [0.25, 0.3) is 0 Å². The standard InChI is InChI=1S/C16H9BrF2O2/c17-8-14-15(9-2-1-3-10(18)6-9)16(20)12-7-11(19)4-5-13(12)21-14/h1-7H,8H2. The van der Waals surface area contributed by atoms with E-state index < -0.39 is 11.6 Å². The number of fused-ring (bicyclic) bond motifs is 1. The zero-order valence-corrected chi connectivity index (χ0v) is 12.3. The molecule has 5 heteroatoms. The molecule has 0 atom stereocenters. The maximum absolute atomic E-state index is 13.4. The van der Waals surface area contributed by atoms with Crippen molar-refractivity contribution < 1.29 is 13.2 Å². The first-order valence-corrected chi connectivity index (χ1v) is 7.29. The Hall–Kier alpha value is -2.01. The molecule has 3 aromatic rings. The van der Waals surface area contributed by atoms with Gasteiger partial charge in [0.1, 0.15) is 23.0 Å². The molecule has 0 bridgehead atoms. The smallest absolute Gasteiger partial charge is 0.200 e. The summed E-state index contributed by atoms with van der Waals surface area (Å²) in [4.78, 5) is 12.6. The minimum atomic E-state index is -0.522. The lowest BCUT2D eigenvalue weighted by Crippen LogP contribution is -2.09. The Morgan fingerprint density at radius 1 is 1.05 bits per heavy atom. The highest BCUT2D eigenvalue weighted by Gasteiger charge is 2.16. The number of rotatable bonds is 2. The maximum Gasteiger partial charge on any atom is 0.200 e. The van der Waals surface area contributed by atoms with Crippen LogP contribution < -0.4 is 5.43 Å². The van der Waals surface area contributed by atoms with Crippen LogP contribution in [0.4, 0.5) is 8.78 Å². The van der Waals surface area contributed by atoms with Crippen molar-refractivity contribution in [1.82, 2.24) is 0 Å². The van der Waals surface area contributed by atoms with Crippen LogP contribution in [0.15, 0.2) is 51.7 Å². The second kappa shape index (κ2) is 5.41. The second-order valence-corrected chi connectivity index (χ2v) is 5.07. The van der Waals surface area contributed by atoms with Crippen molar-refractivity contribution in [3.8, 4) is 11.1 Å². The molecular formula is C16H9BrF2O2. The molecule has 2 aromatic carbocycles. The zero-order chi connectivity index (χ0) is 15.0. The van der Waals surface area contributed by atoms with E-state index in [1.165, 1.54) is 30.3 Å². The van der Waals surface area contributed by atoms with Gasteiger partial charge in [0.15, 0.2) is 0 Å². The van der Waals surface area contributed by atoms with Gasteiger partial charge in [-0.15, -0.1) is 0 Å². The highest BCUT2D eigenvalue weighted by molar-refractivity contribution is 9.08. The minimum absolute atomic E-state index is 0.138. The zero-order valence-electron chi connectivity index (χ0n) is 10.7.